The number of carbonyl (C=O) groups excluding carboxylic acids is 2. The third-order valence-corrected chi connectivity index (χ3v) is 4.54. The Morgan fingerprint density at radius 2 is 1.75 bits per heavy atom. The summed E-state index contributed by atoms with van der Waals surface area (Å²) in [6, 6.07) is 13.9. The van der Waals surface area contributed by atoms with Gasteiger partial charge >= 0.3 is 12.1 Å². The molecule has 0 unspecified atom stereocenters. The first-order valence-corrected chi connectivity index (χ1v) is 8.65. The average molecular weight is 389 g/mol. The molecule has 1 N–H and O–H groups in total. The fourth-order valence-corrected chi connectivity index (χ4v) is 3.30. The molecule has 0 bridgehead atoms. The van der Waals surface area contributed by atoms with Crippen LogP contribution in [0.3, 0.4) is 0 Å². The van der Waals surface area contributed by atoms with Crippen LogP contribution in [0, 0.1) is 0 Å². The van der Waals surface area contributed by atoms with Crippen molar-refractivity contribution in [3.8, 4) is 0 Å². The molecule has 0 aliphatic carbocycles. The lowest BCUT2D eigenvalue weighted by Gasteiger charge is -2.28. The lowest BCUT2D eigenvalue weighted by molar-refractivity contribution is -0.142. The Bertz CT molecular complexity index is 920. The standard InChI is InChI=1S/C21H18F3NO3/c1-13-19(20(27)28-12-14-7-3-2-4-8-14)16(11-18(26)25-13)15-9-5-6-10-17(15)21(22,23)24/h2-10,16H,11-12H2,1H3,(H,25,26)/t16-/m0/s1. The van der Waals surface area contributed by atoms with Gasteiger partial charge in [-0.05, 0) is 24.1 Å². The Kier molecular flexibility index (Phi) is 5.53. The third kappa shape index (κ3) is 4.24. The number of benzene rings is 2. The Morgan fingerprint density at radius 1 is 1.11 bits per heavy atom. The van der Waals surface area contributed by atoms with Gasteiger partial charge in [0, 0.05) is 18.0 Å². The highest BCUT2D eigenvalue weighted by molar-refractivity contribution is 5.96. The molecule has 1 heterocycles. The summed E-state index contributed by atoms with van der Waals surface area (Å²) in [6.45, 7) is 1.47. The number of allylic oxidation sites excluding steroid dienone is 1. The van der Waals surface area contributed by atoms with E-state index in [2.05, 4.69) is 5.32 Å². The van der Waals surface area contributed by atoms with E-state index in [-0.39, 0.29) is 29.9 Å². The predicted molar refractivity (Wildman–Crippen MR) is 95.9 cm³/mol. The van der Waals surface area contributed by atoms with Crippen LogP contribution >= 0.6 is 0 Å². The van der Waals surface area contributed by atoms with Gasteiger partial charge in [-0.1, -0.05) is 48.5 Å². The first-order valence-electron chi connectivity index (χ1n) is 8.65. The average Bonchev–Trinajstić information content (AvgIpc) is 2.65. The maximum Gasteiger partial charge on any atom is 0.416 e. The molecule has 28 heavy (non-hydrogen) atoms. The van der Waals surface area contributed by atoms with Crippen LogP contribution < -0.4 is 5.32 Å². The largest absolute Gasteiger partial charge is 0.457 e. The lowest BCUT2D eigenvalue weighted by Crippen LogP contribution is -2.34. The second-order valence-electron chi connectivity index (χ2n) is 6.49. The molecular formula is C21H18F3NO3. The van der Waals surface area contributed by atoms with Crippen molar-refractivity contribution in [1.29, 1.82) is 0 Å². The molecule has 0 saturated heterocycles. The number of carbonyl (C=O) groups is 2. The molecule has 2 aromatic rings. The molecule has 4 nitrogen and oxygen atoms in total. The van der Waals surface area contributed by atoms with E-state index in [1.54, 1.807) is 24.3 Å². The first kappa shape index (κ1) is 19.7. The van der Waals surface area contributed by atoms with Crippen molar-refractivity contribution < 1.29 is 27.5 Å². The van der Waals surface area contributed by atoms with Crippen molar-refractivity contribution in [2.24, 2.45) is 0 Å². The molecule has 0 spiro atoms. The van der Waals surface area contributed by atoms with Crippen LogP contribution in [0.4, 0.5) is 13.2 Å². The Hall–Kier alpha value is -3.09. The molecule has 0 fully saturated rings. The zero-order valence-corrected chi connectivity index (χ0v) is 15.0. The fraction of sp³-hybridized carbons (Fsp3) is 0.238. The van der Waals surface area contributed by atoms with E-state index in [0.717, 1.165) is 11.6 Å². The normalized spacial score (nSPS) is 17.3. The van der Waals surface area contributed by atoms with E-state index in [9.17, 15) is 22.8 Å². The minimum atomic E-state index is -4.60. The quantitative estimate of drug-likeness (QED) is 0.792. The predicted octanol–water partition coefficient (Wildman–Crippen LogP) is 4.33. The maximum atomic E-state index is 13.5. The zero-order chi connectivity index (χ0) is 20.3. The molecule has 7 heteroatoms. The van der Waals surface area contributed by atoms with Gasteiger partial charge in [0.2, 0.25) is 5.91 Å². The molecule has 146 valence electrons. The van der Waals surface area contributed by atoms with Gasteiger partial charge in [-0.25, -0.2) is 4.79 Å². The van der Waals surface area contributed by atoms with Crippen molar-refractivity contribution in [2.45, 2.75) is 32.0 Å². The van der Waals surface area contributed by atoms with Gasteiger partial charge < -0.3 is 10.1 Å². The van der Waals surface area contributed by atoms with Gasteiger partial charge in [-0.15, -0.1) is 0 Å². The van der Waals surface area contributed by atoms with Gasteiger partial charge in [-0.2, -0.15) is 13.2 Å². The number of ether oxygens (including phenoxy) is 1. The summed E-state index contributed by atoms with van der Waals surface area (Å²) in [7, 11) is 0. The van der Waals surface area contributed by atoms with Crippen molar-refractivity contribution in [3.63, 3.8) is 0 Å². The molecule has 0 saturated carbocycles. The van der Waals surface area contributed by atoms with Crippen LogP contribution in [0.1, 0.15) is 36.0 Å². The SMILES string of the molecule is CC1=C(C(=O)OCc2ccccc2)[C@H](c2ccccc2C(F)(F)F)CC(=O)N1. The Morgan fingerprint density at radius 3 is 2.43 bits per heavy atom. The molecule has 0 radical (unpaired) electrons. The molecular weight excluding hydrogens is 371 g/mol. The minimum absolute atomic E-state index is 0.0158. The van der Waals surface area contributed by atoms with E-state index in [0.29, 0.717) is 0 Å². The fourth-order valence-electron chi connectivity index (χ4n) is 3.30. The second-order valence-corrected chi connectivity index (χ2v) is 6.49. The number of alkyl halides is 3. The summed E-state index contributed by atoms with van der Waals surface area (Å²) in [6.07, 6.45) is -4.86. The Balaban J connectivity index is 1.95. The number of amides is 1. The summed E-state index contributed by atoms with van der Waals surface area (Å²) >= 11 is 0. The first-order chi connectivity index (χ1) is 13.3. The highest BCUT2D eigenvalue weighted by atomic mass is 19.4. The van der Waals surface area contributed by atoms with Gasteiger partial charge in [0.15, 0.2) is 0 Å². The van der Waals surface area contributed by atoms with Crippen LogP contribution in [-0.4, -0.2) is 11.9 Å². The van der Waals surface area contributed by atoms with E-state index in [1.807, 2.05) is 6.07 Å². The van der Waals surface area contributed by atoms with E-state index in [4.69, 9.17) is 4.74 Å². The van der Waals surface area contributed by atoms with Crippen molar-refractivity contribution in [2.75, 3.05) is 0 Å². The summed E-state index contributed by atoms with van der Waals surface area (Å²) in [5, 5.41) is 2.52. The van der Waals surface area contributed by atoms with Crippen LogP contribution in [0.25, 0.3) is 0 Å². The lowest BCUT2D eigenvalue weighted by atomic mass is 9.82. The number of esters is 1. The summed E-state index contributed by atoms with van der Waals surface area (Å²) in [5.41, 5.74) is 0.0106. The van der Waals surface area contributed by atoms with Crippen LogP contribution in [-0.2, 0) is 27.1 Å². The molecule has 1 amide bonds. The van der Waals surface area contributed by atoms with Crippen molar-refractivity contribution in [1.82, 2.24) is 5.32 Å². The number of hydrogen-bond donors (Lipinski definition) is 1. The highest BCUT2D eigenvalue weighted by Crippen LogP contribution is 2.41. The van der Waals surface area contributed by atoms with Gasteiger partial charge in [0.05, 0.1) is 11.1 Å². The maximum absolute atomic E-state index is 13.5. The monoisotopic (exact) mass is 389 g/mol. The van der Waals surface area contributed by atoms with Gasteiger partial charge in [0.1, 0.15) is 6.61 Å². The number of halogens is 3. The van der Waals surface area contributed by atoms with Crippen LogP contribution in [0.2, 0.25) is 0 Å². The summed E-state index contributed by atoms with van der Waals surface area (Å²) < 4.78 is 45.7. The molecule has 1 atom stereocenters. The number of rotatable bonds is 4. The minimum Gasteiger partial charge on any atom is -0.457 e. The molecule has 3 rings (SSSR count). The Labute approximate surface area is 160 Å². The van der Waals surface area contributed by atoms with Crippen molar-refractivity contribution >= 4 is 11.9 Å². The van der Waals surface area contributed by atoms with Crippen molar-refractivity contribution in [3.05, 3.63) is 82.6 Å². The van der Waals surface area contributed by atoms with Gasteiger partial charge in [0.25, 0.3) is 0 Å². The zero-order valence-electron chi connectivity index (χ0n) is 15.0. The number of nitrogens with one attached hydrogen (secondary N) is 1. The van der Waals surface area contributed by atoms with Gasteiger partial charge in [-0.3, -0.25) is 4.79 Å². The molecule has 0 aromatic heterocycles. The number of hydrogen-bond acceptors (Lipinski definition) is 3. The van der Waals surface area contributed by atoms with E-state index in [1.165, 1.54) is 25.1 Å². The topological polar surface area (TPSA) is 55.4 Å². The molecule has 1 aliphatic heterocycles. The second kappa shape index (κ2) is 7.88. The smallest absolute Gasteiger partial charge is 0.416 e. The summed E-state index contributed by atoms with van der Waals surface area (Å²) in [5.74, 6) is -2.22. The summed E-state index contributed by atoms with van der Waals surface area (Å²) in [4.78, 5) is 24.7. The van der Waals surface area contributed by atoms with E-state index < -0.39 is 29.5 Å². The third-order valence-electron chi connectivity index (χ3n) is 4.54. The van der Waals surface area contributed by atoms with E-state index >= 15 is 0 Å². The molecule has 2 aromatic carbocycles. The molecule has 1 aliphatic rings. The van der Waals surface area contributed by atoms with Crippen LogP contribution in [0.5, 0.6) is 0 Å². The van der Waals surface area contributed by atoms with Crippen LogP contribution in [0.15, 0.2) is 65.9 Å². The highest BCUT2D eigenvalue weighted by Gasteiger charge is 2.40.